The van der Waals surface area contributed by atoms with E-state index in [-0.39, 0.29) is 12.5 Å². The van der Waals surface area contributed by atoms with Crippen LogP contribution in [0.3, 0.4) is 0 Å². The molecule has 112 valence electrons. The van der Waals surface area contributed by atoms with Crippen LogP contribution in [0.5, 0.6) is 0 Å². The molecule has 0 aliphatic rings. The lowest BCUT2D eigenvalue weighted by Gasteiger charge is -2.24. The van der Waals surface area contributed by atoms with Crippen molar-refractivity contribution in [1.82, 2.24) is 14.9 Å². The predicted octanol–water partition coefficient (Wildman–Crippen LogP) is 1.52. The maximum absolute atomic E-state index is 12.2. The van der Waals surface area contributed by atoms with Crippen LogP contribution in [0, 0.1) is 0 Å². The summed E-state index contributed by atoms with van der Waals surface area (Å²) in [5.74, 6) is 0.824. The number of benzene rings is 1. The maximum atomic E-state index is 12.2. The molecule has 2 aromatic rings. The number of nitrogens with two attached hydrogens (primary N) is 1. The number of aromatic nitrogens is 2. The third-order valence-electron chi connectivity index (χ3n) is 3.49. The van der Waals surface area contributed by atoms with E-state index in [4.69, 9.17) is 5.73 Å². The van der Waals surface area contributed by atoms with Crippen LogP contribution in [0.1, 0.15) is 13.8 Å². The number of hydrogen-bond donors (Lipinski definition) is 1. The number of carbonyl (C=O) groups excluding carboxylic acids is 1. The molecule has 21 heavy (non-hydrogen) atoms. The van der Waals surface area contributed by atoms with Crippen LogP contribution < -0.4 is 10.6 Å². The zero-order valence-electron chi connectivity index (χ0n) is 12.7. The molecule has 0 fully saturated rings. The van der Waals surface area contributed by atoms with E-state index in [1.807, 2.05) is 37.9 Å². The molecule has 0 unspecified atom stereocenters. The van der Waals surface area contributed by atoms with Crippen molar-refractivity contribution in [3.63, 3.8) is 0 Å². The maximum Gasteiger partial charge on any atom is 0.242 e. The molecule has 0 aliphatic carbocycles. The van der Waals surface area contributed by atoms with Gasteiger partial charge in [-0.15, -0.1) is 0 Å². The monoisotopic (exact) mass is 287 g/mol. The number of hydrogen-bond acceptors (Lipinski definition) is 5. The van der Waals surface area contributed by atoms with Gasteiger partial charge >= 0.3 is 0 Å². The Balaban J connectivity index is 2.27. The van der Waals surface area contributed by atoms with Crippen molar-refractivity contribution in [2.75, 3.05) is 37.3 Å². The highest BCUT2D eigenvalue weighted by Crippen LogP contribution is 2.23. The minimum absolute atomic E-state index is 0.0877. The average Bonchev–Trinajstić information content (AvgIpc) is 2.47. The Labute approximate surface area is 124 Å². The number of likely N-dealkylation sites (N-methyl/N-ethyl adjacent to an activating group) is 2. The number of nitrogen functional groups attached to an aromatic ring is 1. The predicted molar refractivity (Wildman–Crippen MR) is 85.1 cm³/mol. The van der Waals surface area contributed by atoms with E-state index in [1.54, 1.807) is 11.0 Å². The highest BCUT2D eigenvalue weighted by atomic mass is 16.2. The third kappa shape index (κ3) is 3.21. The van der Waals surface area contributed by atoms with E-state index in [0.717, 1.165) is 16.7 Å². The fourth-order valence-corrected chi connectivity index (χ4v) is 2.32. The summed E-state index contributed by atoms with van der Waals surface area (Å²) < 4.78 is 0. The van der Waals surface area contributed by atoms with Gasteiger partial charge in [0, 0.05) is 31.2 Å². The minimum atomic E-state index is 0.0877. The van der Waals surface area contributed by atoms with Crippen LogP contribution in [0.15, 0.2) is 24.5 Å². The second kappa shape index (κ2) is 6.39. The topological polar surface area (TPSA) is 75.4 Å². The van der Waals surface area contributed by atoms with Crippen molar-refractivity contribution in [2.45, 2.75) is 13.8 Å². The number of carbonyl (C=O) groups is 1. The standard InChI is InChI=1S/C15H21N5O/c1-4-20(5-2)14(21)9-19(3)15-12-7-6-11(16)8-13(12)17-10-18-15/h6-8,10H,4-5,9,16H2,1-3H3. The average molecular weight is 287 g/mol. The van der Waals surface area contributed by atoms with E-state index in [2.05, 4.69) is 9.97 Å². The van der Waals surface area contributed by atoms with Crippen LogP contribution in [-0.4, -0.2) is 47.5 Å². The highest BCUT2D eigenvalue weighted by Gasteiger charge is 2.15. The Hall–Kier alpha value is -2.37. The van der Waals surface area contributed by atoms with E-state index in [9.17, 15) is 4.79 Å². The first-order valence-electron chi connectivity index (χ1n) is 7.06. The largest absolute Gasteiger partial charge is 0.399 e. The van der Waals surface area contributed by atoms with Gasteiger partial charge in [0.05, 0.1) is 12.1 Å². The van der Waals surface area contributed by atoms with E-state index >= 15 is 0 Å². The molecule has 1 aromatic carbocycles. The molecule has 0 spiro atoms. The van der Waals surface area contributed by atoms with Crippen LogP contribution in [0.4, 0.5) is 11.5 Å². The zero-order valence-corrected chi connectivity index (χ0v) is 12.7. The van der Waals surface area contributed by atoms with Gasteiger partial charge in [-0.25, -0.2) is 9.97 Å². The fraction of sp³-hybridized carbons (Fsp3) is 0.400. The molecule has 1 amide bonds. The number of amides is 1. The van der Waals surface area contributed by atoms with Crippen molar-refractivity contribution >= 4 is 28.3 Å². The van der Waals surface area contributed by atoms with E-state index in [1.165, 1.54) is 6.33 Å². The second-order valence-corrected chi connectivity index (χ2v) is 4.90. The van der Waals surface area contributed by atoms with Crippen LogP contribution in [0.2, 0.25) is 0 Å². The van der Waals surface area contributed by atoms with E-state index < -0.39 is 0 Å². The molecule has 0 radical (unpaired) electrons. The Bertz CT molecular complexity index is 639. The van der Waals surface area contributed by atoms with Crippen molar-refractivity contribution in [3.05, 3.63) is 24.5 Å². The lowest BCUT2D eigenvalue weighted by molar-refractivity contribution is -0.129. The Morgan fingerprint density at radius 3 is 2.62 bits per heavy atom. The van der Waals surface area contributed by atoms with Crippen molar-refractivity contribution in [3.8, 4) is 0 Å². The quantitative estimate of drug-likeness (QED) is 0.844. The normalized spacial score (nSPS) is 10.6. The molecule has 0 aliphatic heterocycles. The minimum Gasteiger partial charge on any atom is -0.399 e. The van der Waals surface area contributed by atoms with Gasteiger partial charge in [0.25, 0.3) is 0 Å². The van der Waals surface area contributed by atoms with Crippen molar-refractivity contribution in [1.29, 1.82) is 0 Å². The van der Waals surface area contributed by atoms with Gasteiger partial charge in [0.2, 0.25) is 5.91 Å². The number of anilines is 2. The molecule has 0 atom stereocenters. The summed E-state index contributed by atoms with van der Waals surface area (Å²) in [5.41, 5.74) is 7.21. The summed E-state index contributed by atoms with van der Waals surface area (Å²) >= 11 is 0. The van der Waals surface area contributed by atoms with Gasteiger partial charge in [0.1, 0.15) is 12.1 Å². The lowest BCUT2D eigenvalue weighted by Crippen LogP contribution is -2.39. The number of rotatable bonds is 5. The molecule has 2 rings (SSSR count). The van der Waals surface area contributed by atoms with Gasteiger partial charge < -0.3 is 15.5 Å². The Morgan fingerprint density at radius 1 is 1.24 bits per heavy atom. The van der Waals surface area contributed by atoms with Crippen LogP contribution >= 0.6 is 0 Å². The fourth-order valence-electron chi connectivity index (χ4n) is 2.32. The van der Waals surface area contributed by atoms with Crippen molar-refractivity contribution < 1.29 is 4.79 Å². The molecule has 0 saturated heterocycles. The van der Waals surface area contributed by atoms with Gasteiger partial charge in [-0.3, -0.25) is 4.79 Å². The molecular formula is C15H21N5O. The van der Waals surface area contributed by atoms with Gasteiger partial charge in [-0.05, 0) is 32.0 Å². The summed E-state index contributed by atoms with van der Waals surface area (Å²) in [7, 11) is 1.86. The van der Waals surface area contributed by atoms with Crippen molar-refractivity contribution in [2.24, 2.45) is 0 Å². The molecule has 1 heterocycles. The van der Waals surface area contributed by atoms with Gasteiger partial charge in [0.15, 0.2) is 0 Å². The molecule has 6 nitrogen and oxygen atoms in total. The Kier molecular flexibility index (Phi) is 4.57. The summed E-state index contributed by atoms with van der Waals surface area (Å²) in [6, 6.07) is 5.51. The van der Waals surface area contributed by atoms with Crippen LogP contribution in [-0.2, 0) is 4.79 Å². The second-order valence-electron chi connectivity index (χ2n) is 4.90. The van der Waals surface area contributed by atoms with Gasteiger partial charge in [-0.1, -0.05) is 0 Å². The van der Waals surface area contributed by atoms with Crippen LogP contribution in [0.25, 0.3) is 10.9 Å². The zero-order chi connectivity index (χ0) is 15.4. The highest BCUT2D eigenvalue weighted by molar-refractivity contribution is 5.92. The molecule has 6 heteroatoms. The summed E-state index contributed by atoms with van der Waals surface area (Å²) in [6.07, 6.45) is 1.50. The number of fused-ring (bicyclic) bond motifs is 1. The lowest BCUT2D eigenvalue weighted by atomic mass is 10.2. The smallest absolute Gasteiger partial charge is 0.242 e. The summed E-state index contributed by atoms with van der Waals surface area (Å²) in [5, 5.41) is 0.890. The molecular weight excluding hydrogens is 266 g/mol. The van der Waals surface area contributed by atoms with Gasteiger partial charge in [-0.2, -0.15) is 0 Å². The first kappa shape index (κ1) is 15.0. The van der Waals surface area contributed by atoms with E-state index in [0.29, 0.717) is 18.8 Å². The molecule has 0 saturated carbocycles. The summed E-state index contributed by atoms with van der Waals surface area (Å²) in [4.78, 5) is 24.4. The Morgan fingerprint density at radius 2 is 1.95 bits per heavy atom. The SMILES string of the molecule is CCN(CC)C(=O)CN(C)c1ncnc2cc(N)ccc12. The first-order chi connectivity index (χ1) is 10.1. The third-order valence-corrected chi connectivity index (χ3v) is 3.49. The molecule has 2 N–H and O–H groups in total. The number of nitrogens with zero attached hydrogens (tertiary/aromatic N) is 4. The first-order valence-corrected chi connectivity index (χ1v) is 7.06. The molecule has 0 bridgehead atoms. The molecule has 1 aromatic heterocycles. The summed E-state index contributed by atoms with van der Waals surface area (Å²) in [6.45, 7) is 5.67.